The van der Waals surface area contributed by atoms with Crippen molar-refractivity contribution >= 4 is 17.5 Å². The Morgan fingerprint density at radius 3 is 2.67 bits per heavy atom. The van der Waals surface area contributed by atoms with Crippen molar-refractivity contribution in [1.29, 1.82) is 0 Å². The van der Waals surface area contributed by atoms with E-state index in [1.54, 1.807) is 11.0 Å². The molecule has 124 valence electrons. The van der Waals surface area contributed by atoms with Crippen molar-refractivity contribution in [3.63, 3.8) is 0 Å². The highest BCUT2D eigenvalue weighted by molar-refractivity contribution is 5.98. The number of fused-ring (bicyclic) bond motifs is 1. The number of amides is 2. The van der Waals surface area contributed by atoms with Gasteiger partial charge in [0.05, 0.1) is 0 Å². The number of benzene rings is 2. The van der Waals surface area contributed by atoms with Crippen molar-refractivity contribution < 1.29 is 9.59 Å². The van der Waals surface area contributed by atoms with E-state index in [0.29, 0.717) is 38.0 Å². The zero-order valence-corrected chi connectivity index (χ0v) is 13.5. The number of carbonyl (C=O) groups is 2. The summed E-state index contributed by atoms with van der Waals surface area (Å²) in [6, 6.07) is 15.3. The fourth-order valence-corrected chi connectivity index (χ4v) is 2.91. The zero-order valence-electron chi connectivity index (χ0n) is 13.5. The first kappa shape index (κ1) is 16.2. The summed E-state index contributed by atoms with van der Waals surface area (Å²) in [4.78, 5) is 26.1. The standard InChI is InChI=1S/C19H21N3O2/c20-10-11-22(13-14-4-2-1-3-5-14)19(24)16-6-8-17-15(12-16)7-9-18(23)21-17/h1-6,8,12H,7,9-11,13,20H2,(H,21,23). The van der Waals surface area contributed by atoms with Gasteiger partial charge < -0.3 is 16.0 Å². The second kappa shape index (κ2) is 7.27. The van der Waals surface area contributed by atoms with Gasteiger partial charge in [-0.25, -0.2) is 0 Å². The van der Waals surface area contributed by atoms with Crippen LogP contribution in [0.4, 0.5) is 5.69 Å². The lowest BCUT2D eigenvalue weighted by atomic mass is 10.00. The van der Waals surface area contributed by atoms with Crippen LogP contribution in [0.3, 0.4) is 0 Å². The van der Waals surface area contributed by atoms with Crippen molar-refractivity contribution in [2.24, 2.45) is 5.73 Å². The van der Waals surface area contributed by atoms with E-state index in [2.05, 4.69) is 5.32 Å². The van der Waals surface area contributed by atoms with Crippen LogP contribution < -0.4 is 11.1 Å². The maximum absolute atomic E-state index is 12.9. The smallest absolute Gasteiger partial charge is 0.254 e. The molecule has 3 rings (SSSR count). The van der Waals surface area contributed by atoms with Crippen LogP contribution in [0.5, 0.6) is 0 Å². The lowest BCUT2D eigenvalue weighted by Crippen LogP contribution is -2.35. The molecule has 5 heteroatoms. The van der Waals surface area contributed by atoms with Gasteiger partial charge in [0.1, 0.15) is 0 Å². The van der Waals surface area contributed by atoms with E-state index in [9.17, 15) is 9.59 Å². The second-order valence-corrected chi connectivity index (χ2v) is 5.92. The van der Waals surface area contributed by atoms with E-state index in [4.69, 9.17) is 5.73 Å². The predicted molar refractivity (Wildman–Crippen MR) is 93.6 cm³/mol. The maximum Gasteiger partial charge on any atom is 0.254 e. The summed E-state index contributed by atoms with van der Waals surface area (Å²) in [7, 11) is 0. The Kier molecular flexibility index (Phi) is 4.91. The van der Waals surface area contributed by atoms with Gasteiger partial charge in [0.15, 0.2) is 0 Å². The third kappa shape index (κ3) is 3.63. The lowest BCUT2D eigenvalue weighted by Gasteiger charge is -2.23. The largest absolute Gasteiger partial charge is 0.333 e. The van der Waals surface area contributed by atoms with Gasteiger partial charge >= 0.3 is 0 Å². The van der Waals surface area contributed by atoms with Gasteiger partial charge in [-0.2, -0.15) is 0 Å². The maximum atomic E-state index is 12.9. The van der Waals surface area contributed by atoms with E-state index in [1.807, 2.05) is 42.5 Å². The van der Waals surface area contributed by atoms with Crippen molar-refractivity contribution in [2.75, 3.05) is 18.4 Å². The molecule has 0 fully saturated rings. The topological polar surface area (TPSA) is 75.4 Å². The number of hydrogen-bond acceptors (Lipinski definition) is 3. The number of nitrogens with one attached hydrogen (secondary N) is 1. The molecular weight excluding hydrogens is 302 g/mol. The third-order valence-corrected chi connectivity index (χ3v) is 4.15. The Hall–Kier alpha value is -2.66. The van der Waals surface area contributed by atoms with Gasteiger partial charge in [0.25, 0.3) is 5.91 Å². The van der Waals surface area contributed by atoms with E-state index in [-0.39, 0.29) is 11.8 Å². The summed E-state index contributed by atoms with van der Waals surface area (Å²) in [6.45, 7) is 1.45. The molecule has 0 unspecified atom stereocenters. The van der Waals surface area contributed by atoms with Crippen LogP contribution in [0.15, 0.2) is 48.5 Å². The van der Waals surface area contributed by atoms with Gasteiger partial charge in [-0.15, -0.1) is 0 Å². The highest BCUT2D eigenvalue weighted by Crippen LogP contribution is 2.24. The molecule has 0 atom stereocenters. The first-order chi connectivity index (χ1) is 11.7. The van der Waals surface area contributed by atoms with Crippen molar-refractivity contribution in [2.45, 2.75) is 19.4 Å². The Balaban J connectivity index is 1.81. The lowest BCUT2D eigenvalue weighted by molar-refractivity contribution is -0.116. The van der Waals surface area contributed by atoms with Gasteiger partial charge in [-0.3, -0.25) is 9.59 Å². The van der Waals surface area contributed by atoms with E-state index < -0.39 is 0 Å². The second-order valence-electron chi connectivity index (χ2n) is 5.92. The fraction of sp³-hybridized carbons (Fsp3) is 0.263. The molecule has 0 aromatic heterocycles. The predicted octanol–water partition coefficient (Wildman–Crippen LogP) is 2.17. The quantitative estimate of drug-likeness (QED) is 0.885. The molecule has 0 spiro atoms. The van der Waals surface area contributed by atoms with Crippen LogP contribution in [0.2, 0.25) is 0 Å². The van der Waals surface area contributed by atoms with E-state index >= 15 is 0 Å². The average molecular weight is 323 g/mol. The molecule has 2 aromatic carbocycles. The number of nitrogens with two attached hydrogens (primary N) is 1. The van der Waals surface area contributed by atoms with Crippen molar-refractivity contribution in [3.8, 4) is 0 Å². The number of nitrogens with zero attached hydrogens (tertiary/aromatic N) is 1. The van der Waals surface area contributed by atoms with Gasteiger partial charge in [-0.1, -0.05) is 30.3 Å². The van der Waals surface area contributed by atoms with Gasteiger partial charge in [0, 0.05) is 37.3 Å². The normalized spacial score (nSPS) is 13.1. The Morgan fingerprint density at radius 2 is 1.92 bits per heavy atom. The molecule has 24 heavy (non-hydrogen) atoms. The van der Waals surface area contributed by atoms with Crippen molar-refractivity contribution in [1.82, 2.24) is 4.90 Å². The average Bonchev–Trinajstić information content (AvgIpc) is 2.61. The molecule has 2 amide bonds. The van der Waals surface area contributed by atoms with Crippen molar-refractivity contribution in [3.05, 3.63) is 65.2 Å². The summed E-state index contributed by atoms with van der Waals surface area (Å²) < 4.78 is 0. The van der Waals surface area contributed by atoms with Crippen LogP contribution >= 0.6 is 0 Å². The molecule has 0 aliphatic carbocycles. The highest BCUT2D eigenvalue weighted by Gasteiger charge is 2.20. The minimum Gasteiger partial charge on any atom is -0.333 e. The molecule has 1 aliphatic heterocycles. The number of hydrogen-bond donors (Lipinski definition) is 2. The van der Waals surface area contributed by atoms with Crippen LogP contribution in [-0.4, -0.2) is 29.8 Å². The molecule has 5 nitrogen and oxygen atoms in total. The van der Waals surface area contributed by atoms with Crippen LogP contribution in [0, 0.1) is 0 Å². The number of aryl methyl sites for hydroxylation is 1. The SMILES string of the molecule is NCCN(Cc1ccccc1)C(=O)c1ccc2c(c1)CCC(=O)N2. The first-order valence-corrected chi connectivity index (χ1v) is 8.13. The zero-order chi connectivity index (χ0) is 16.9. The number of carbonyl (C=O) groups excluding carboxylic acids is 2. The molecule has 2 aromatic rings. The molecule has 0 radical (unpaired) electrons. The van der Waals surface area contributed by atoms with Crippen LogP contribution in [0.25, 0.3) is 0 Å². The monoisotopic (exact) mass is 323 g/mol. The molecule has 3 N–H and O–H groups in total. The number of anilines is 1. The number of rotatable bonds is 5. The van der Waals surface area contributed by atoms with Gasteiger partial charge in [-0.05, 0) is 35.7 Å². The molecule has 1 aliphatic rings. The minimum absolute atomic E-state index is 0.0235. The molecule has 0 bridgehead atoms. The Labute approximate surface area is 141 Å². The first-order valence-electron chi connectivity index (χ1n) is 8.13. The van der Waals surface area contributed by atoms with E-state index in [0.717, 1.165) is 16.8 Å². The third-order valence-electron chi connectivity index (χ3n) is 4.15. The molecule has 1 heterocycles. The summed E-state index contributed by atoms with van der Waals surface area (Å²) in [5.41, 5.74) is 9.20. The minimum atomic E-state index is -0.0380. The molecule has 0 saturated heterocycles. The summed E-state index contributed by atoms with van der Waals surface area (Å²) >= 11 is 0. The Morgan fingerprint density at radius 1 is 1.12 bits per heavy atom. The Bertz CT molecular complexity index is 744. The summed E-state index contributed by atoms with van der Waals surface area (Å²) in [5, 5.41) is 2.84. The summed E-state index contributed by atoms with van der Waals surface area (Å²) in [5.74, 6) is -0.0144. The molecule has 0 saturated carbocycles. The van der Waals surface area contributed by atoms with Gasteiger partial charge in [0.2, 0.25) is 5.91 Å². The highest BCUT2D eigenvalue weighted by atomic mass is 16.2. The van der Waals surface area contributed by atoms with E-state index in [1.165, 1.54) is 0 Å². The molecular formula is C19H21N3O2. The summed E-state index contributed by atoms with van der Waals surface area (Å²) in [6.07, 6.45) is 1.12. The van der Waals surface area contributed by atoms with Crippen LogP contribution in [-0.2, 0) is 17.8 Å². The van der Waals surface area contributed by atoms with Crippen LogP contribution in [0.1, 0.15) is 27.9 Å². The fourth-order valence-electron chi connectivity index (χ4n) is 2.91.